The number of nitro groups is 1. The number of likely N-dealkylation sites (tertiary alicyclic amines) is 1. The van der Waals surface area contributed by atoms with Crippen molar-refractivity contribution in [2.24, 2.45) is 5.92 Å². The van der Waals surface area contributed by atoms with Gasteiger partial charge in [0.05, 0.1) is 10.8 Å². The Morgan fingerprint density at radius 1 is 1.15 bits per heavy atom. The van der Waals surface area contributed by atoms with Gasteiger partial charge in [-0.25, -0.2) is 0 Å². The van der Waals surface area contributed by atoms with Crippen molar-refractivity contribution in [2.45, 2.75) is 13.0 Å². The van der Waals surface area contributed by atoms with E-state index in [4.69, 9.17) is 0 Å². The van der Waals surface area contributed by atoms with Gasteiger partial charge in [-0.15, -0.1) is 0 Å². The van der Waals surface area contributed by atoms with Crippen LogP contribution < -0.4 is 10.9 Å². The van der Waals surface area contributed by atoms with E-state index in [0.717, 1.165) is 5.56 Å². The van der Waals surface area contributed by atoms with Crippen molar-refractivity contribution in [3.63, 3.8) is 0 Å². The van der Waals surface area contributed by atoms with Gasteiger partial charge in [0.15, 0.2) is 0 Å². The SMILES string of the molecule is O=C(NNc1ccccc1[N+](=O)[O-])[C@H]1CC(=O)N(Cc2ccccc2)C1. The molecule has 8 nitrogen and oxygen atoms in total. The molecule has 0 unspecified atom stereocenters. The fourth-order valence-corrected chi connectivity index (χ4v) is 2.87. The van der Waals surface area contributed by atoms with Gasteiger partial charge in [-0.2, -0.15) is 0 Å². The molecule has 0 radical (unpaired) electrons. The zero-order valence-electron chi connectivity index (χ0n) is 13.9. The number of hydrogen-bond donors (Lipinski definition) is 2. The molecule has 0 bridgehead atoms. The monoisotopic (exact) mass is 354 g/mol. The Morgan fingerprint density at radius 2 is 1.85 bits per heavy atom. The van der Waals surface area contributed by atoms with Crippen LogP contribution >= 0.6 is 0 Å². The van der Waals surface area contributed by atoms with Gasteiger partial charge in [0.1, 0.15) is 5.69 Å². The number of amides is 2. The Labute approximate surface area is 149 Å². The van der Waals surface area contributed by atoms with Crippen LogP contribution in [0.25, 0.3) is 0 Å². The molecule has 0 saturated carbocycles. The highest BCUT2D eigenvalue weighted by molar-refractivity contribution is 5.89. The first-order chi connectivity index (χ1) is 12.5. The summed E-state index contributed by atoms with van der Waals surface area (Å²) in [6, 6.07) is 15.6. The number of nitro benzene ring substituents is 1. The van der Waals surface area contributed by atoms with E-state index in [0.29, 0.717) is 13.1 Å². The van der Waals surface area contributed by atoms with Crippen LogP contribution in [-0.2, 0) is 16.1 Å². The summed E-state index contributed by atoms with van der Waals surface area (Å²) >= 11 is 0. The second-order valence-electron chi connectivity index (χ2n) is 6.05. The molecule has 26 heavy (non-hydrogen) atoms. The fraction of sp³-hybridized carbons (Fsp3) is 0.222. The Bertz CT molecular complexity index is 825. The van der Waals surface area contributed by atoms with Crippen LogP contribution in [0.5, 0.6) is 0 Å². The summed E-state index contributed by atoms with van der Waals surface area (Å²) in [5.41, 5.74) is 6.10. The van der Waals surface area contributed by atoms with Gasteiger partial charge in [-0.1, -0.05) is 42.5 Å². The minimum atomic E-state index is -0.533. The van der Waals surface area contributed by atoms with Gasteiger partial charge in [0, 0.05) is 25.6 Å². The van der Waals surface area contributed by atoms with Gasteiger partial charge in [-0.05, 0) is 11.6 Å². The van der Waals surface area contributed by atoms with E-state index in [2.05, 4.69) is 10.9 Å². The van der Waals surface area contributed by atoms with Crippen molar-refractivity contribution in [1.29, 1.82) is 0 Å². The minimum Gasteiger partial charge on any atom is -0.338 e. The topological polar surface area (TPSA) is 105 Å². The molecule has 1 heterocycles. The highest BCUT2D eigenvalue weighted by Crippen LogP contribution is 2.23. The molecule has 2 aromatic carbocycles. The molecule has 0 aromatic heterocycles. The molecule has 2 N–H and O–H groups in total. The van der Waals surface area contributed by atoms with Crippen LogP contribution in [0.2, 0.25) is 0 Å². The number of nitrogens with zero attached hydrogens (tertiary/aromatic N) is 2. The highest BCUT2D eigenvalue weighted by atomic mass is 16.6. The molecule has 3 rings (SSSR count). The lowest BCUT2D eigenvalue weighted by Gasteiger charge is -2.17. The zero-order valence-corrected chi connectivity index (χ0v) is 13.9. The number of nitrogens with one attached hydrogen (secondary N) is 2. The number of hydrogen-bond acceptors (Lipinski definition) is 5. The van der Waals surface area contributed by atoms with Gasteiger partial charge >= 0.3 is 0 Å². The van der Waals surface area contributed by atoms with E-state index < -0.39 is 10.8 Å². The van der Waals surface area contributed by atoms with E-state index in [9.17, 15) is 19.7 Å². The molecule has 1 atom stereocenters. The van der Waals surface area contributed by atoms with Crippen LogP contribution in [0, 0.1) is 16.0 Å². The number of anilines is 1. The lowest BCUT2D eigenvalue weighted by Crippen LogP contribution is -2.36. The number of benzene rings is 2. The molecule has 0 aliphatic carbocycles. The normalized spacial score (nSPS) is 16.4. The summed E-state index contributed by atoms with van der Waals surface area (Å²) < 4.78 is 0. The van der Waals surface area contributed by atoms with Gasteiger partial charge in [0.25, 0.3) is 5.69 Å². The fourth-order valence-electron chi connectivity index (χ4n) is 2.87. The van der Waals surface area contributed by atoms with Gasteiger partial charge in [-0.3, -0.25) is 30.6 Å². The quantitative estimate of drug-likeness (QED) is 0.610. The summed E-state index contributed by atoms with van der Waals surface area (Å²) in [7, 11) is 0. The van der Waals surface area contributed by atoms with E-state index in [1.165, 1.54) is 12.1 Å². The Kier molecular flexibility index (Phi) is 5.12. The first-order valence-electron chi connectivity index (χ1n) is 8.15. The second-order valence-corrected chi connectivity index (χ2v) is 6.05. The van der Waals surface area contributed by atoms with Crippen LogP contribution in [0.4, 0.5) is 11.4 Å². The molecule has 2 amide bonds. The molecule has 1 saturated heterocycles. The minimum absolute atomic E-state index is 0.0836. The van der Waals surface area contributed by atoms with Crippen LogP contribution in [0.15, 0.2) is 54.6 Å². The number of para-hydroxylation sites is 2. The molecule has 1 fully saturated rings. The largest absolute Gasteiger partial charge is 0.338 e. The Morgan fingerprint density at radius 3 is 2.58 bits per heavy atom. The van der Waals surface area contributed by atoms with Crippen molar-refractivity contribution in [3.8, 4) is 0 Å². The smallest absolute Gasteiger partial charge is 0.294 e. The average Bonchev–Trinajstić information content (AvgIpc) is 3.01. The Balaban J connectivity index is 1.58. The molecular formula is C18H18N4O4. The molecule has 134 valence electrons. The summed E-state index contributed by atoms with van der Waals surface area (Å²) in [6.45, 7) is 0.777. The third-order valence-electron chi connectivity index (χ3n) is 4.22. The number of carbonyl (C=O) groups excluding carboxylic acids is 2. The first-order valence-corrected chi connectivity index (χ1v) is 8.15. The van der Waals surface area contributed by atoms with Crippen LogP contribution in [-0.4, -0.2) is 28.2 Å². The maximum Gasteiger partial charge on any atom is 0.294 e. The standard InChI is InChI=1S/C18H18N4O4/c23-17-10-14(12-21(17)11-13-6-2-1-3-7-13)18(24)20-19-15-8-4-5-9-16(15)22(25)26/h1-9,14,19H,10-12H2,(H,20,24)/t14-/m0/s1. The van der Waals surface area contributed by atoms with Crippen molar-refractivity contribution in [3.05, 3.63) is 70.3 Å². The predicted octanol–water partition coefficient (Wildman–Crippen LogP) is 2.09. The second kappa shape index (κ2) is 7.64. The predicted molar refractivity (Wildman–Crippen MR) is 94.8 cm³/mol. The van der Waals surface area contributed by atoms with Crippen LogP contribution in [0.1, 0.15) is 12.0 Å². The van der Waals surface area contributed by atoms with Crippen molar-refractivity contribution in [2.75, 3.05) is 12.0 Å². The van der Waals surface area contributed by atoms with Gasteiger partial charge < -0.3 is 4.90 Å². The van der Waals surface area contributed by atoms with Gasteiger partial charge in [0.2, 0.25) is 11.8 Å². The summed E-state index contributed by atoms with van der Waals surface area (Å²) in [5.74, 6) is -0.951. The molecule has 0 spiro atoms. The maximum atomic E-state index is 12.3. The highest BCUT2D eigenvalue weighted by Gasteiger charge is 2.34. The third-order valence-corrected chi connectivity index (χ3v) is 4.22. The Hall–Kier alpha value is -3.42. The lowest BCUT2D eigenvalue weighted by molar-refractivity contribution is -0.384. The summed E-state index contributed by atoms with van der Waals surface area (Å²) in [4.78, 5) is 36.6. The van der Waals surface area contributed by atoms with E-state index in [-0.39, 0.29) is 29.6 Å². The first kappa shape index (κ1) is 17.4. The van der Waals surface area contributed by atoms with Crippen LogP contribution in [0.3, 0.4) is 0 Å². The summed E-state index contributed by atoms with van der Waals surface area (Å²) in [5, 5.41) is 11.0. The molecule has 1 aliphatic heterocycles. The molecular weight excluding hydrogens is 336 g/mol. The van der Waals surface area contributed by atoms with E-state index in [1.807, 2.05) is 30.3 Å². The number of hydrazine groups is 1. The average molecular weight is 354 g/mol. The van der Waals surface area contributed by atoms with E-state index >= 15 is 0 Å². The number of carbonyl (C=O) groups is 2. The molecule has 1 aliphatic rings. The molecule has 2 aromatic rings. The molecule has 8 heteroatoms. The van der Waals surface area contributed by atoms with Crippen molar-refractivity contribution < 1.29 is 14.5 Å². The number of rotatable bonds is 6. The zero-order chi connectivity index (χ0) is 18.5. The lowest BCUT2D eigenvalue weighted by atomic mass is 10.1. The maximum absolute atomic E-state index is 12.3. The summed E-state index contributed by atoms with van der Waals surface area (Å²) in [6.07, 6.45) is 0.122. The van der Waals surface area contributed by atoms with E-state index in [1.54, 1.807) is 17.0 Å². The van der Waals surface area contributed by atoms with Crippen molar-refractivity contribution in [1.82, 2.24) is 10.3 Å². The van der Waals surface area contributed by atoms with Crippen molar-refractivity contribution >= 4 is 23.2 Å². The third kappa shape index (κ3) is 3.97.